The summed E-state index contributed by atoms with van der Waals surface area (Å²) in [5, 5.41) is 4.02. The molecule has 3 aliphatic rings. The van der Waals surface area contributed by atoms with E-state index in [1.807, 2.05) is 0 Å². The van der Waals surface area contributed by atoms with Crippen LogP contribution in [0.4, 0.5) is 23.7 Å². The molecule has 4 heterocycles. The van der Waals surface area contributed by atoms with Crippen molar-refractivity contribution < 1.29 is 27.5 Å². The van der Waals surface area contributed by atoms with E-state index in [0.29, 0.717) is 58.0 Å². The average molecular weight is 506 g/mol. The zero-order chi connectivity index (χ0) is 25.5. The van der Waals surface area contributed by atoms with E-state index < -0.39 is 11.7 Å². The van der Waals surface area contributed by atoms with Crippen molar-refractivity contribution in [3.63, 3.8) is 0 Å². The lowest BCUT2D eigenvalue weighted by atomic mass is 9.86. The second-order valence-corrected chi connectivity index (χ2v) is 10.1. The van der Waals surface area contributed by atoms with Crippen molar-refractivity contribution in [3.8, 4) is 0 Å². The molecule has 1 unspecified atom stereocenters. The van der Waals surface area contributed by atoms with E-state index in [2.05, 4.69) is 14.9 Å². The zero-order valence-electron chi connectivity index (χ0n) is 20.3. The second kappa shape index (κ2) is 9.51. The van der Waals surface area contributed by atoms with Crippen LogP contribution in [0.15, 0.2) is 30.6 Å². The lowest BCUT2D eigenvalue weighted by Crippen LogP contribution is -2.37. The van der Waals surface area contributed by atoms with Gasteiger partial charge in [-0.3, -0.25) is 9.69 Å². The Morgan fingerprint density at radius 3 is 2.53 bits per heavy atom. The minimum absolute atomic E-state index is 0.146. The third-order valence-electron chi connectivity index (χ3n) is 7.58. The molecule has 0 bridgehead atoms. The molecule has 11 heteroatoms. The predicted molar refractivity (Wildman–Crippen MR) is 126 cm³/mol. The maximum Gasteiger partial charge on any atom is 0.416 e. The summed E-state index contributed by atoms with van der Waals surface area (Å²) in [5.74, 6) is -0.158. The molecule has 3 fully saturated rings. The van der Waals surface area contributed by atoms with Gasteiger partial charge in [0.25, 0.3) is 0 Å². The Hall–Kier alpha value is -2.92. The van der Waals surface area contributed by atoms with Crippen LogP contribution in [0, 0.1) is 5.41 Å². The number of alkyl halides is 3. The first kappa shape index (κ1) is 24.8. The number of morpholine rings is 1. The number of likely N-dealkylation sites (tertiary alicyclic amines) is 2. The number of benzene rings is 1. The number of nitrogens with zero attached hydrogens (tertiary/aromatic N) is 5. The molecule has 1 spiro atoms. The van der Waals surface area contributed by atoms with Gasteiger partial charge in [0.05, 0.1) is 30.5 Å². The molecule has 8 nitrogen and oxygen atoms in total. The van der Waals surface area contributed by atoms with Crippen molar-refractivity contribution in [2.75, 3.05) is 57.4 Å². The van der Waals surface area contributed by atoms with Crippen LogP contribution in [0.25, 0.3) is 0 Å². The molecule has 194 valence electrons. The maximum atomic E-state index is 13.8. The monoisotopic (exact) mass is 505 g/mol. The van der Waals surface area contributed by atoms with Crippen LogP contribution >= 0.6 is 0 Å². The highest BCUT2D eigenvalue weighted by atomic mass is 19.4. The standard InChI is InChI=1S/C25H30F3N5O3/c1-18(34)20-13-29-33(15-20)23(35)32-7-5-24(17-32)4-6-30(16-24)14-19-12-21(31-8-10-36-11-9-31)2-3-22(19)25(26,27)28/h2-3,12-13,15H,4-11,14,16-17H2,1H3. The number of ketones is 1. The van der Waals surface area contributed by atoms with Crippen LogP contribution in [-0.4, -0.2) is 83.9 Å². The van der Waals surface area contributed by atoms with Crippen LogP contribution < -0.4 is 4.90 Å². The molecular weight excluding hydrogens is 475 g/mol. The zero-order valence-corrected chi connectivity index (χ0v) is 20.3. The highest BCUT2D eigenvalue weighted by molar-refractivity contribution is 5.94. The Morgan fingerprint density at radius 2 is 1.83 bits per heavy atom. The number of Topliss-reactive ketones (excluding diaryl/α,β-unsaturated/α-hetero) is 1. The lowest BCUT2D eigenvalue weighted by molar-refractivity contribution is -0.138. The molecule has 0 saturated carbocycles. The van der Waals surface area contributed by atoms with Gasteiger partial charge in [-0.2, -0.15) is 23.0 Å². The number of hydrogen-bond acceptors (Lipinski definition) is 6. The Kier molecular flexibility index (Phi) is 6.54. The second-order valence-electron chi connectivity index (χ2n) is 10.1. The Bertz CT molecular complexity index is 1140. The summed E-state index contributed by atoms with van der Waals surface area (Å²) in [4.78, 5) is 30.3. The molecule has 1 aromatic carbocycles. The molecular formula is C25H30F3N5O3. The lowest BCUT2D eigenvalue weighted by Gasteiger charge is -2.30. The Balaban J connectivity index is 1.28. The van der Waals surface area contributed by atoms with E-state index in [9.17, 15) is 22.8 Å². The van der Waals surface area contributed by atoms with E-state index in [4.69, 9.17) is 4.74 Å². The first-order valence-electron chi connectivity index (χ1n) is 12.2. The SMILES string of the molecule is CC(=O)c1cnn(C(=O)N2CCC3(CCN(Cc4cc(N5CCOCC5)ccc4C(F)(F)F)C3)C2)c1. The van der Waals surface area contributed by atoms with Gasteiger partial charge >= 0.3 is 12.2 Å². The van der Waals surface area contributed by atoms with Crippen molar-refractivity contribution in [3.05, 3.63) is 47.3 Å². The van der Waals surface area contributed by atoms with Crippen molar-refractivity contribution in [2.24, 2.45) is 5.41 Å². The summed E-state index contributed by atoms with van der Waals surface area (Å²) in [5.41, 5.74) is 0.708. The number of amides is 1. The topological polar surface area (TPSA) is 70.9 Å². The molecule has 1 amide bonds. The number of ether oxygens (including phenoxy) is 1. The minimum atomic E-state index is -4.42. The maximum absolute atomic E-state index is 13.8. The highest BCUT2D eigenvalue weighted by Crippen LogP contribution is 2.41. The Morgan fingerprint density at radius 1 is 1.08 bits per heavy atom. The van der Waals surface area contributed by atoms with E-state index in [0.717, 1.165) is 18.5 Å². The molecule has 3 aliphatic heterocycles. The van der Waals surface area contributed by atoms with Gasteiger partial charge in [0, 0.05) is 56.6 Å². The van der Waals surface area contributed by atoms with Gasteiger partial charge in [-0.15, -0.1) is 0 Å². The number of rotatable bonds is 4. The van der Waals surface area contributed by atoms with Crippen LogP contribution in [-0.2, 0) is 17.5 Å². The largest absolute Gasteiger partial charge is 0.416 e. The number of carbonyl (C=O) groups is 2. The summed E-state index contributed by atoms with van der Waals surface area (Å²) in [6, 6.07) is 4.14. The quantitative estimate of drug-likeness (QED) is 0.593. The molecule has 1 atom stereocenters. The van der Waals surface area contributed by atoms with E-state index in [-0.39, 0.29) is 29.3 Å². The normalized spacial score (nSPS) is 23.1. The van der Waals surface area contributed by atoms with Gasteiger partial charge in [-0.25, -0.2) is 4.79 Å². The fourth-order valence-electron chi connectivity index (χ4n) is 5.59. The molecule has 36 heavy (non-hydrogen) atoms. The van der Waals surface area contributed by atoms with Crippen LogP contribution in [0.1, 0.15) is 41.3 Å². The van der Waals surface area contributed by atoms with Gasteiger partial charge in [0.2, 0.25) is 0 Å². The van der Waals surface area contributed by atoms with Crippen molar-refractivity contribution >= 4 is 17.5 Å². The van der Waals surface area contributed by atoms with Gasteiger partial charge < -0.3 is 14.5 Å². The van der Waals surface area contributed by atoms with Gasteiger partial charge in [-0.1, -0.05) is 0 Å². The van der Waals surface area contributed by atoms with E-state index in [1.165, 1.54) is 30.1 Å². The van der Waals surface area contributed by atoms with Crippen molar-refractivity contribution in [1.82, 2.24) is 19.6 Å². The fourth-order valence-corrected chi connectivity index (χ4v) is 5.59. The molecule has 0 N–H and O–H groups in total. The minimum Gasteiger partial charge on any atom is -0.378 e. The highest BCUT2D eigenvalue weighted by Gasteiger charge is 2.45. The van der Waals surface area contributed by atoms with Gasteiger partial charge in [0.1, 0.15) is 0 Å². The van der Waals surface area contributed by atoms with Crippen LogP contribution in [0.2, 0.25) is 0 Å². The van der Waals surface area contributed by atoms with E-state index >= 15 is 0 Å². The first-order chi connectivity index (χ1) is 17.1. The van der Waals surface area contributed by atoms with Crippen LogP contribution in [0.3, 0.4) is 0 Å². The number of halogens is 3. The summed E-state index contributed by atoms with van der Waals surface area (Å²) in [6.07, 6.45) is 0.00777. The fraction of sp³-hybridized carbons (Fsp3) is 0.560. The molecule has 5 rings (SSSR count). The van der Waals surface area contributed by atoms with E-state index in [1.54, 1.807) is 17.0 Å². The van der Waals surface area contributed by atoms with Gasteiger partial charge in [-0.05, 0) is 50.1 Å². The third-order valence-corrected chi connectivity index (χ3v) is 7.58. The van der Waals surface area contributed by atoms with Crippen LogP contribution in [0.5, 0.6) is 0 Å². The van der Waals surface area contributed by atoms with Gasteiger partial charge in [0.15, 0.2) is 5.78 Å². The molecule has 0 radical (unpaired) electrons. The smallest absolute Gasteiger partial charge is 0.378 e. The molecule has 2 aromatic rings. The predicted octanol–water partition coefficient (Wildman–Crippen LogP) is 3.51. The van der Waals surface area contributed by atoms with Crippen molar-refractivity contribution in [2.45, 2.75) is 32.5 Å². The third kappa shape index (κ3) is 4.99. The molecule has 0 aliphatic carbocycles. The summed E-state index contributed by atoms with van der Waals surface area (Å²) >= 11 is 0. The first-order valence-corrected chi connectivity index (χ1v) is 12.2. The average Bonchev–Trinajstić information content (AvgIpc) is 3.59. The number of aromatic nitrogens is 2. The Labute approximate surface area is 207 Å². The number of anilines is 1. The molecule has 3 saturated heterocycles. The summed E-state index contributed by atoms with van der Waals surface area (Å²) in [7, 11) is 0. The number of hydrogen-bond donors (Lipinski definition) is 0. The summed E-state index contributed by atoms with van der Waals surface area (Å²) in [6.45, 7) is 6.47. The number of carbonyl (C=O) groups excluding carboxylic acids is 2. The summed E-state index contributed by atoms with van der Waals surface area (Å²) < 4.78 is 48.0. The molecule has 1 aromatic heterocycles. The van der Waals surface area contributed by atoms with Crippen molar-refractivity contribution in [1.29, 1.82) is 0 Å².